The molecule has 0 bridgehead atoms. The summed E-state index contributed by atoms with van der Waals surface area (Å²) in [4.78, 5) is 18.3. The van der Waals surface area contributed by atoms with Gasteiger partial charge in [-0.05, 0) is 12.1 Å². The Kier molecular flexibility index (Phi) is 3.97. The molecule has 0 spiro atoms. The highest BCUT2D eigenvalue weighted by molar-refractivity contribution is 7.91. The van der Waals surface area contributed by atoms with Gasteiger partial charge in [-0.1, -0.05) is 20.8 Å². The molecule has 0 unspecified atom stereocenters. The molecule has 2 rings (SSSR count). The fourth-order valence-corrected chi connectivity index (χ4v) is 3.36. The number of nitrogens with zero attached hydrogens (tertiary/aromatic N) is 2. The highest BCUT2D eigenvalue weighted by atomic mass is 32.2. The fourth-order valence-electron chi connectivity index (χ4n) is 2.16. The number of hydrogen-bond donors (Lipinski definition) is 1. The first-order valence-corrected chi connectivity index (χ1v) is 8.68. The zero-order valence-corrected chi connectivity index (χ0v) is 13.4. The monoisotopic (exact) mass is 311 g/mol. The summed E-state index contributed by atoms with van der Waals surface area (Å²) in [6.45, 7) is 6.45. The van der Waals surface area contributed by atoms with Crippen LogP contribution >= 0.6 is 0 Å². The molecule has 0 atom stereocenters. The van der Waals surface area contributed by atoms with Crippen LogP contribution in [0.4, 0.5) is 5.82 Å². The van der Waals surface area contributed by atoms with E-state index in [2.05, 4.69) is 4.98 Å². The molecule has 1 aliphatic heterocycles. The molecule has 7 heteroatoms. The predicted molar refractivity (Wildman–Crippen MR) is 81.9 cm³/mol. The second kappa shape index (κ2) is 5.29. The van der Waals surface area contributed by atoms with Crippen LogP contribution in [0.25, 0.3) is 0 Å². The Morgan fingerprint density at radius 1 is 1.24 bits per heavy atom. The molecule has 0 aromatic carbocycles. The first-order valence-electron chi connectivity index (χ1n) is 6.86. The van der Waals surface area contributed by atoms with Gasteiger partial charge in [-0.25, -0.2) is 13.4 Å². The summed E-state index contributed by atoms with van der Waals surface area (Å²) >= 11 is 0. The van der Waals surface area contributed by atoms with Crippen molar-refractivity contribution < 1.29 is 13.2 Å². The van der Waals surface area contributed by atoms with Crippen LogP contribution in [0.1, 0.15) is 36.8 Å². The van der Waals surface area contributed by atoms with Crippen LogP contribution in [0.15, 0.2) is 12.1 Å². The van der Waals surface area contributed by atoms with E-state index < -0.39 is 9.84 Å². The number of nitrogen functional groups attached to an aromatic ring is 1. The molecule has 2 N–H and O–H groups in total. The lowest BCUT2D eigenvalue weighted by Gasteiger charge is -2.27. The van der Waals surface area contributed by atoms with Crippen molar-refractivity contribution >= 4 is 21.6 Å². The smallest absolute Gasteiger partial charge is 0.254 e. The van der Waals surface area contributed by atoms with E-state index in [9.17, 15) is 13.2 Å². The molecule has 1 fully saturated rings. The fraction of sp³-hybridized carbons (Fsp3) is 0.571. The molecular weight excluding hydrogens is 290 g/mol. The van der Waals surface area contributed by atoms with Gasteiger partial charge in [0.2, 0.25) is 0 Å². The average Bonchev–Trinajstić information content (AvgIpc) is 2.36. The molecule has 116 valence electrons. The summed E-state index contributed by atoms with van der Waals surface area (Å²) in [6.07, 6.45) is 0. The maximum atomic E-state index is 12.5. The van der Waals surface area contributed by atoms with E-state index in [0.717, 1.165) is 5.69 Å². The second-order valence-corrected chi connectivity index (χ2v) is 8.66. The van der Waals surface area contributed by atoms with Crippen LogP contribution in [0.5, 0.6) is 0 Å². The lowest BCUT2D eigenvalue weighted by Crippen LogP contribution is -2.43. The molecule has 2 heterocycles. The number of rotatable bonds is 1. The van der Waals surface area contributed by atoms with Crippen LogP contribution in [-0.2, 0) is 15.3 Å². The quantitative estimate of drug-likeness (QED) is 0.829. The average molecular weight is 311 g/mol. The summed E-state index contributed by atoms with van der Waals surface area (Å²) in [5, 5.41) is 0. The largest absolute Gasteiger partial charge is 0.384 e. The number of nitrogens with two attached hydrogens (primary N) is 1. The van der Waals surface area contributed by atoms with Crippen molar-refractivity contribution in [3.05, 3.63) is 23.4 Å². The summed E-state index contributed by atoms with van der Waals surface area (Å²) in [7, 11) is -3.00. The van der Waals surface area contributed by atoms with Gasteiger partial charge >= 0.3 is 0 Å². The van der Waals surface area contributed by atoms with Gasteiger partial charge in [0.1, 0.15) is 5.82 Å². The Morgan fingerprint density at radius 2 is 1.81 bits per heavy atom. The third kappa shape index (κ3) is 3.72. The normalized spacial score (nSPS) is 18.5. The third-order valence-corrected chi connectivity index (χ3v) is 5.10. The lowest BCUT2D eigenvalue weighted by atomic mass is 9.90. The Bertz CT molecular complexity index is 649. The molecule has 0 radical (unpaired) electrons. The summed E-state index contributed by atoms with van der Waals surface area (Å²) in [5.74, 6) is 0.150. The number of anilines is 1. The van der Waals surface area contributed by atoms with Gasteiger partial charge in [0.25, 0.3) is 5.91 Å². The van der Waals surface area contributed by atoms with Gasteiger partial charge in [0.15, 0.2) is 9.84 Å². The molecule has 1 aromatic heterocycles. The van der Waals surface area contributed by atoms with E-state index in [1.165, 1.54) is 0 Å². The Morgan fingerprint density at radius 3 is 2.33 bits per heavy atom. The van der Waals surface area contributed by atoms with Crippen molar-refractivity contribution in [1.82, 2.24) is 9.88 Å². The van der Waals surface area contributed by atoms with E-state index in [1.807, 2.05) is 20.8 Å². The molecule has 6 nitrogen and oxygen atoms in total. The molecule has 0 saturated carbocycles. The van der Waals surface area contributed by atoms with Crippen LogP contribution in [0.3, 0.4) is 0 Å². The molecule has 0 aliphatic carbocycles. The molecule has 1 aromatic rings. The van der Waals surface area contributed by atoms with Crippen LogP contribution in [-0.4, -0.2) is 48.8 Å². The van der Waals surface area contributed by atoms with Crippen molar-refractivity contribution in [3.63, 3.8) is 0 Å². The highest BCUT2D eigenvalue weighted by Crippen LogP contribution is 2.23. The van der Waals surface area contributed by atoms with Crippen molar-refractivity contribution in [2.75, 3.05) is 30.3 Å². The lowest BCUT2D eigenvalue weighted by molar-refractivity contribution is 0.0770. The summed E-state index contributed by atoms with van der Waals surface area (Å²) in [5.41, 5.74) is 6.79. The van der Waals surface area contributed by atoms with Crippen molar-refractivity contribution in [2.24, 2.45) is 0 Å². The summed E-state index contributed by atoms with van der Waals surface area (Å²) < 4.78 is 22.9. The number of aromatic nitrogens is 1. The molecular formula is C14H21N3O3S. The topological polar surface area (TPSA) is 93.4 Å². The van der Waals surface area contributed by atoms with Gasteiger partial charge in [0.05, 0.1) is 11.5 Å². The summed E-state index contributed by atoms with van der Waals surface area (Å²) in [6, 6.07) is 3.28. The van der Waals surface area contributed by atoms with Crippen LogP contribution in [0, 0.1) is 0 Å². The first-order chi connectivity index (χ1) is 9.58. The maximum absolute atomic E-state index is 12.5. The van der Waals surface area contributed by atoms with Crippen molar-refractivity contribution in [3.8, 4) is 0 Å². The van der Waals surface area contributed by atoms with Crippen molar-refractivity contribution in [1.29, 1.82) is 0 Å². The molecule has 1 aliphatic rings. The minimum atomic E-state index is -3.00. The number of amides is 1. The molecule has 21 heavy (non-hydrogen) atoms. The molecule has 1 amide bonds. The Hall–Kier alpha value is -1.63. The zero-order chi connectivity index (χ0) is 15.8. The SMILES string of the molecule is CC(C)(C)c1cc(C(=O)N2CCS(=O)(=O)CC2)cc(N)n1. The zero-order valence-electron chi connectivity index (χ0n) is 12.6. The Labute approximate surface area is 125 Å². The first kappa shape index (κ1) is 15.8. The highest BCUT2D eigenvalue weighted by Gasteiger charge is 2.27. The van der Waals surface area contributed by atoms with E-state index >= 15 is 0 Å². The number of pyridine rings is 1. The van der Waals surface area contributed by atoms with E-state index in [1.54, 1.807) is 17.0 Å². The number of carbonyl (C=O) groups is 1. The van der Waals surface area contributed by atoms with Gasteiger partial charge in [-0.2, -0.15) is 0 Å². The third-order valence-electron chi connectivity index (χ3n) is 3.49. The minimum absolute atomic E-state index is 0.0193. The van der Waals surface area contributed by atoms with E-state index in [4.69, 9.17) is 5.73 Å². The van der Waals surface area contributed by atoms with Crippen molar-refractivity contribution in [2.45, 2.75) is 26.2 Å². The Balaban J connectivity index is 2.26. The second-order valence-electron chi connectivity index (χ2n) is 6.36. The van der Waals surface area contributed by atoms with E-state index in [-0.39, 0.29) is 35.9 Å². The molecule has 1 saturated heterocycles. The number of hydrogen-bond acceptors (Lipinski definition) is 5. The van der Waals surface area contributed by atoms with Gasteiger partial charge in [0, 0.05) is 29.8 Å². The maximum Gasteiger partial charge on any atom is 0.254 e. The van der Waals surface area contributed by atoms with Gasteiger partial charge in [-0.15, -0.1) is 0 Å². The number of carbonyl (C=O) groups excluding carboxylic acids is 1. The van der Waals surface area contributed by atoms with E-state index in [0.29, 0.717) is 11.4 Å². The van der Waals surface area contributed by atoms with Gasteiger partial charge in [-0.3, -0.25) is 4.79 Å². The van der Waals surface area contributed by atoms with Gasteiger partial charge < -0.3 is 10.6 Å². The standard InChI is InChI=1S/C14H21N3O3S/c1-14(2,3)11-8-10(9-12(15)16-11)13(18)17-4-6-21(19,20)7-5-17/h8-9H,4-7H2,1-3H3,(H2,15,16). The number of sulfone groups is 1. The van der Waals surface area contributed by atoms with Crippen LogP contribution < -0.4 is 5.73 Å². The predicted octanol–water partition coefficient (Wildman–Crippen LogP) is 0.832. The van der Waals surface area contributed by atoms with Crippen LogP contribution in [0.2, 0.25) is 0 Å². The minimum Gasteiger partial charge on any atom is -0.384 e.